The van der Waals surface area contributed by atoms with Crippen molar-refractivity contribution in [2.24, 2.45) is 0 Å². The number of hydrogen-bond donors (Lipinski definition) is 0. The standard InChI is InChI=1S/C18H21N5OS.ClH/c1-5-9-22-17(24)15-11-19-18(25-4)20-16(15)23(22)14-8-6-7-13(10-14)12-21(2)3;/h5-8,10-11H,1,9,12H2,2-4H3;1H. The highest BCUT2D eigenvalue weighted by atomic mass is 35.5. The van der Waals surface area contributed by atoms with Crippen molar-refractivity contribution >= 4 is 35.2 Å². The van der Waals surface area contributed by atoms with Gasteiger partial charge in [0.05, 0.1) is 12.2 Å². The minimum Gasteiger partial charge on any atom is -0.305 e. The normalized spacial score (nSPS) is 10.9. The molecule has 26 heavy (non-hydrogen) atoms. The van der Waals surface area contributed by atoms with E-state index in [0.29, 0.717) is 22.7 Å². The Morgan fingerprint density at radius 3 is 2.77 bits per heavy atom. The van der Waals surface area contributed by atoms with Gasteiger partial charge in [-0.05, 0) is 38.0 Å². The summed E-state index contributed by atoms with van der Waals surface area (Å²) in [6.45, 7) is 5.00. The van der Waals surface area contributed by atoms with Gasteiger partial charge in [-0.2, -0.15) is 0 Å². The van der Waals surface area contributed by atoms with Gasteiger partial charge >= 0.3 is 0 Å². The lowest BCUT2D eigenvalue weighted by Gasteiger charge is -2.14. The van der Waals surface area contributed by atoms with Gasteiger partial charge in [0.1, 0.15) is 5.39 Å². The van der Waals surface area contributed by atoms with Crippen molar-refractivity contribution in [1.82, 2.24) is 24.2 Å². The van der Waals surface area contributed by atoms with Crippen LogP contribution in [-0.4, -0.2) is 44.6 Å². The molecule has 0 bridgehead atoms. The van der Waals surface area contributed by atoms with Gasteiger partial charge in [-0.3, -0.25) is 4.79 Å². The predicted molar refractivity (Wildman–Crippen MR) is 110 cm³/mol. The van der Waals surface area contributed by atoms with Crippen LogP contribution < -0.4 is 5.56 Å². The number of rotatable bonds is 6. The number of aromatic nitrogens is 4. The number of hydrogen-bond acceptors (Lipinski definition) is 5. The van der Waals surface area contributed by atoms with Crippen molar-refractivity contribution in [3.8, 4) is 5.69 Å². The summed E-state index contributed by atoms with van der Waals surface area (Å²) in [6, 6.07) is 8.14. The van der Waals surface area contributed by atoms with E-state index in [0.717, 1.165) is 12.2 Å². The van der Waals surface area contributed by atoms with Crippen LogP contribution in [0, 0.1) is 0 Å². The number of fused-ring (bicyclic) bond motifs is 1. The zero-order chi connectivity index (χ0) is 18.0. The van der Waals surface area contributed by atoms with E-state index in [-0.39, 0.29) is 18.0 Å². The summed E-state index contributed by atoms with van der Waals surface area (Å²) in [4.78, 5) is 23.7. The van der Waals surface area contributed by atoms with E-state index < -0.39 is 0 Å². The summed E-state index contributed by atoms with van der Waals surface area (Å²) in [5.74, 6) is 0. The van der Waals surface area contributed by atoms with E-state index in [1.165, 1.54) is 17.3 Å². The Hall–Kier alpha value is -2.09. The molecule has 0 aliphatic carbocycles. The lowest BCUT2D eigenvalue weighted by atomic mass is 10.2. The highest BCUT2D eigenvalue weighted by Gasteiger charge is 2.16. The Bertz CT molecular complexity index is 979. The molecule has 1 aromatic carbocycles. The van der Waals surface area contributed by atoms with Crippen molar-refractivity contribution in [3.63, 3.8) is 0 Å². The molecule has 0 radical (unpaired) electrons. The molecule has 138 valence electrons. The summed E-state index contributed by atoms with van der Waals surface area (Å²) in [7, 11) is 4.06. The fourth-order valence-electron chi connectivity index (χ4n) is 2.81. The average molecular weight is 392 g/mol. The van der Waals surface area contributed by atoms with Crippen LogP contribution >= 0.6 is 24.2 Å². The van der Waals surface area contributed by atoms with Crippen LogP contribution in [0.2, 0.25) is 0 Å². The Labute approximate surface area is 162 Å². The highest BCUT2D eigenvalue weighted by Crippen LogP contribution is 2.19. The minimum absolute atomic E-state index is 0. The molecule has 0 aliphatic heterocycles. The van der Waals surface area contributed by atoms with Crippen LogP contribution in [0.4, 0.5) is 0 Å². The molecular weight excluding hydrogens is 370 g/mol. The van der Waals surface area contributed by atoms with Crippen LogP contribution in [0.1, 0.15) is 5.56 Å². The number of allylic oxidation sites excluding steroid dienone is 1. The molecule has 8 heteroatoms. The van der Waals surface area contributed by atoms with Gasteiger partial charge < -0.3 is 4.90 Å². The molecular formula is C18H22ClN5OS. The Kier molecular flexibility index (Phi) is 6.63. The molecule has 6 nitrogen and oxygen atoms in total. The smallest absolute Gasteiger partial charge is 0.278 e. The van der Waals surface area contributed by atoms with E-state index in [2.05, 4.69) is 33.6 Å². The molecule has 2 aromatic heterocycles. The van der Waals surface area contributed by atoms with Gasteiger partial charge in [-0.25, -0.2) is 19.3 Å². The van der Waals surface area contributed by atoms with E-state index in [9.17, 15) is 4.79 Å². The van der Waals surface area contributed by atoms with E-state index in [1.54, 1.807) is 17.0 Å². The number of thioether (sulfide) groups is 1. The third-order valence-electron chi connectivity index (χ3n) is 3.79. The first kappa shape index (κ1) is 20.2. The summed E-state index contributed by atoms with van der Waals surface area (Å²) >= 11 is 1.45. The quantitative estimate of drug-likeness (QED) is 0.367. The van der Waals surface area contributed by atoms with Crippen LogP contribution in [0.5, 0.6) is 0 Å². The Balaban J connectivity index is 0.00000243. The van der Waals surface area contributed by atoms with Crippen LogP contribution in [0.15, 0.2) is 53.1 Å². The number of halogens is 1. The van der Waals surface area contributed by atoms with Crippen LogP contribution in [-0.2, 0) is 13.1 Å². The number of nitrogens with zero attached hydrogens (tertiary/aromatic N) is 5. The largest absolute Gasteiger partial charge is 0.305 e. The fraction of sp³-hybridized carbons (Fsp3) is 0.278. The monoisotopic (exact) mass is 391 g/mol. The highest BCUT2D eigenvalue weighted by molar-refractivity contribution is 7.98. The summed E-state index contributed by atoms with van der Waals surface area (Å²) < 4.78 is 3.51. The molecule has 0 aliphatic rings. The van der Waals surface area contributed by atoms with E-state index in [4.69, 9.17) is 0 Å². The van der Waals surface area contributed by atoms with Crippen LogP contribution in [0.3, 0.4) is 0 Å². The van der Waals surface area contributed by atoms with Gasteiger partial charge in [0, 0.05) is 12.7 Å². The van der Waals surface area contributed by atoms with Gasteiger partial charge in [0.25, 0.3) is 5.56 Å². The zero-order valence-electron chi connectivity index (χ0n) is 15.0. The summed E-state index contributed by atoms with van der Waals surface area (Å²) in [6.07, 6.45) is 5.24. The first-order valence-electron chi connectivity index (χ1n) is 7.92. The van der Waals surface area contributed by atoms with E-state index >= 15 is 0 Å². The van der Waals surface area contributed by atoms with Gasteiger partial charge in [0.2, 0.25) is 0 Å². The second-order valence-corrected chi connectivity index (χ2v) is 6.76. The fourth-order valence-corrected chi connectivity index (χ4v) is 3.15. The predicted octanol–water partition coefficient (Wildman–Crippen LogP) is 2.97. The summed E-state index contributed by atoms with van der Waals surface area (Å²) in [5.41, 5.74) is 2.58. The molecule has 0 saturated heterocycles. The molecule has 3 rings (SSSR count). The maximum Gasteiger partial charge on any atom is 0.278 e. The SMILES string of the molecule is C=CCn1c(=O)c2cnc(SC)nc2n1-c1cccc(CN(C)C)c1.Cl. The molecule has 0 saturated carbocycles. The minimum atomic E-state index is -0.111. The maximum atomic E-state index is 12.8. The lowest BCUT2D eigenvalue weighted by molar-refractivity contribution is 0.402. The van der Waals surface area contributed by atoms with Crippen LogP contribution in [0.25, 0.3) is 16.7 Å². The Morgan fingerprint density at radius 1 is 1.35 bits per heavy atom. The zero-order valence-corrected chi connectivity index (χ0v) is 16.7. The van der Waals surface area contributed by atoms with Gasteiger partial charge in [-0.15, -0.1) is 19.0 Å². The molecule has 0 unspecified atom stereocenters. The second-order valence-electron chi connectivity index (χ2n) is 5.99. The topological polar surface area (TPSA) is 56.0 Å². The van der Waals surface area contributed by atoms with E-state index in [1.807, 2.05) is 37.2 Å². The molecule has 0 amide bonds. The molecule has 0 atom stereocenters. The maximum absolute atomic E-state index is 12.8. The Morgan fingerprint density at radius 2 is 2.12 bits per heavy atom. The number of benzene rings is 1. The first-order chi connectivity index (χ1) is 12.0. The lowest BCUT2D eigenvalue weighted by Crippen LogP contribution is -2.21. The molecule has 0 N–H and O–H groups in total. The molecule has 0 spiro atoms. The van der Waals surface area contributed by atoms with Crippen molar-refractivity contribution in [2.75, 3.05) is 20.4 Å². The van der Waals surface area contributed by atoms with Gasteiger partial charge in [-0.1, -0.05) is 30.0 Å². The molecule has 2 heterocycles. The first-order valence-corrected chi connectivity index (χ1v) is 9.15. The molecule has 3 aromatic rings. The van der Waals surface area contributed by atoms with Crippen molar-refractivity contribution < 1.29 is 0 Å². The molecule has 0 fully saturated rings. The second kappa shape index (κ2) is 8.53. The van der Waals surface area contributed by atoms with Crippen molar-refractivity contribution in [3.05, 3.63) is 59.0 Å². The van der Waals surface area contributed by atoms with Crippen molar-refractivity contribution in [1.29, 1.82) is 0 Å². The average Bonchev–Trinajstić information content (AvgIpc) is 2.86. The third kappa shape index (κ3) is 3.85. The third-order valence-corrected chi connectivity index (χ3v) is 4.35. The summed E-state index contributed by atoms with van der Waals surface area (Å²) in [5, 5.41) is 1.15. The van der Waals surface area contributed by atoms with Crippen molar-refractivity contribution in [2.45, 2.75) is 18.2 Å². The van der Waals surface area contributed by atoms with Gasteiger partial charge in [0.15, 0.2) is 10.8 Å².